The molecule has 0 saturated carbocycles. The number of ether oxygens (including phenoxy) is 1. The lowest BCUT2D eigenvalue weighted by molar-refractivity contribution is -0.176. The Bertz CT molecular complexity index is 1140. The van der Waals surface area contributed by atoms with Crippen LogP contribution in [0.3, 0.4) is 0 Å². The highest BCUT2D eigenvalue weighted by molar-refractivity contribution is 5.78. The number of aliphatic hydroxyl groups excluding tert-OH is 1. The van der Waals surface area contributed by atoms with Crippen LogP contribution in [-0.4, -0.2) is 59.4 Å². The Hall–Kier alpha value is -3.68. The Kier molecular flexibility index (Phi) is 6.79. The van der Waals surface area contributed by atoms with Crippen LogP contribution in [0.5, 0.6) is 0 Å². The van der Waals surface area contributed by atoms with Gasteiger partial charge in [0.1, 0.15) is 6.61 Å². The van der Waals surface area contributed by atoms with Crippen LogP contribution >= 0.6 is 0 Å². The second-order valence-electron chi connectivity index (χ2n) is 8.96. The van der Waals surface area contributed by atoms with E-state index < -0.39 is 18.2 Å². The highest BCUT2D eigenvalue weighted by atomic mass is 16.7. The standard InChI is InChI=1S/C28H28N2O5/c31-19-29(35-18-27-25-12-6-4-10-23(25)24-11-5-7-13-26(24)27)15-21-14-22(32)16-30(21)28(33)34-17-20-8-2-1-3-9-20/h1-13,19,21-22,27,32H,14-18H2. The molecule has 7 nitrogen and oxygen atoms in total. The number of rotatable bonds is 8. The van der Waals surface area contributed by atoms with Crippen molar-refractivity contribution in [2.75, 3.05) is 19.7 Å². The van der Waals surface area contributed by atoms with Gasteiger partial charge in [-0.2, -0.15) is 0 Å². The van der Waals surface area contributed by atoms with Gasteiger partial charge in [0, 0.05) is 5.92 Å². The summed E-state index contributed by atoms with van der Waals surface area (Å²) in [6.45, 7) is 0.749. The monoisotopic (exact) mass is 472 g/mol. The van der Waals surface area contributed by atoms with Gasteiger partial charge in [-0.15, -0.1) is 0 Å². The number of fused-ring (bicyclic) bond motifs is 3. The van der Waals surface area contributed by atoms with Gasteiger partial charge in [0.2, 0.25) is 6.41 Å². The number of carbonyl (C=O) groups is 2. The van der Waals surface area contributed by atoms with Crippen molar-refractivity contribution in [2.45, 2.75) is 31.1 Å². The van der Waals surface area contributed by atoms with E-state index in [1.807, 2.05) is 54.6 Å². The van der Waals surface area contributed by atoms with E-state index in [-0.39, 0.29) is 25.6 Å². The van der Waals surface area contributed by atoms with Crippen LogP contribution in [-0.2, 0) is 21.0 Å². The molecule has 2 unspecified atom stereocenters. The first-order valence-corrected chi connectivity index (χ1v) is 11.8. The number of benzene rings is 3. The zero-order chi connectivity index (χ0) is 24.2. The number of likely N-dealkylation sites (tertiary alicyclic amines) is 1. The Morgan fingerprint density at radius 3 is 2.26 bits per heavy atom. The van der Waals surface area contributed by atoms with Crippen molar-refractivity contribution in [1.29, 1.82) is 0 Å². The van der Waals surface area contributed by atoms with Crippen molar-refractivity contribution in [3.63, 3.8) is 0 Å². The molecular weight excluding hydrogens is 444 g/mol. The molecule has 2 amide bonds. The van der Waals surface area contributed by atoms with E-state index in [4.69, 9.17) is 9.57 Å². The van der Waals surface area contributed by atoms with Crippen molar-refractivity contribution in [3.05, 3.63) is 95.6 Å². The minimum absolute atomic E-state index is 0.00552. The fraction of sp³-hybridized carbons (Fsp3) is 0.286. The summed E-state index contributed by atoms with van der Waals surface area (Å²) in [6.07, 6.45) is -0.208. The fourth-order valence-electron chi connectivity index (χ4n) is 5.03. The van der Waals surface area contributed by atoms with E-state index in [2.05, 4.69) is 24.3 Å². The molecule has 1 aliphatic heterocycles. The molecule has 0 spiro atoms. The lowest BCUT2D eigenvalue weighted by atomic mass is 9.98. The van der Waals surface area contributed by atoms with Crippen molar-refractivity contribution < 1.29 is 24.3 Å². The number of carbonyl (C=O) groups excluding carboxylic acids is 2. The first kappa shape index (κ1) is 23.1. The van der Waals surface area contributed by atoms with Crippen molar-refractivity contribution in [3.8, 4) is 11.1 Å². The minimum Gasteiger partial charge on any atom is -0.445 e. The molecule has 1 heterocycles. The molecule has 7 heteroatoms. The van der Waals surface area contributed by atoms with Crippen LogP contribution in [0.4, 0.5) is 4.79 Å². The predicted molar refractivity (Wildman–Crippen MR) is 130 cm³/mol. The number of hydroxylamine groups is 2. The smallest absolute Gasteiger partial charge is 0.410 e. The third-order valence-electron chi connectivity index (χ3n) is 6.71. The van der Waals surface area contributed by atoms with E-state index in [1.165, 1.54) is 32.2 Å². The fourth-order valence-corrected chi connectivity index (χ4v) is 5.03. The van der Waals surface area contributed by atoms with E-state index in [0.29, 0.717) is 19.4 Å². The summed E-state index contributed by atoms with van der Waals surface area (Å²) in [5, 5.41) is 11.4. The largest absolute Gasteiger partial charge is 0.445 e. The van der Waals surface area contributed by atoms with Gasteiger partial charge < -0.3 is 14.7 Å². The van der Waals surface area contributed by atoms with Gasteiger partial charge >= 0.3 is 6.09 Å². The van der Waals surface area contributed by atoms with Crippen LogP contribution in [0.25, 0.3) is 11.1 Å². The molecule has 180 valence electrons. The Morgan fingerprint density at radius 2 is 1.60 bits per heavy atom. The first-order chi connectivity index (χ1) is 17.1. The molecule has 0 bridgehead atoms. The van der Waals surface area contributed by atoms with Crippen LogP contribution in [0.2, 0.25) is 0 Å². The first-order valence-electron chi connectivity index (χ1n) is 11.8. The molecule has 2 aliphatic rings. The topological polar surface area (TPSA) is 79.3 Å². The molecule has 5 rings (SSSR count). The van der Waals surface area contributed by atoms with Gasteiger partial charge in [0.25, 0.3) is 0 Å². The lowest BCUT2D eigenvalue weighted by Gasteiger charge is -2.28. The minimum atomic E-state index is -0.675. The molecule has 0 aromatic heterocycles. The third kappa shape index (κ3) is 4.92. The number of nitrogens with zero attached hydrogens (tertiary/aromatic N) is 2. The maximum atomic E-state index is 12.7. The highest BCUT2D eigenvalue weighted by Gasteiger charge is 2.37. The van der Waals surface area contributed by atoms with E-state index >= 15 is 0 Å². The summed E-state index contributed by atoms with van der Waals surface area (Å²) < 4.78 is 5.45. The number of hydrogen-bond acceptors (Lipinski definition) is 5. The molecule has 1 saturated heterocycles. The Balaban J connectivity index is 1.22. The molecule has 35 heavy (non-hydrogen) atoms. The summed E-state index contributed by atoms with van der Waals surface area (Å²) in [4.78, 5) is 32.0. The zero-order valence-electron chi connectivity index (χ0n) is 19.3. The molecule has 2 atom stereocenters. The average molecular weight is 473 g/mol. The maximum absolute atomic E-state index is 12.7. The molecule has 3 aromatic carbocycles. The second kappa shape index (κ2) is 10.3. The summed E-state index contributed by atoms with van der Waals surface area (Å²) in [6, 6.07) is 25.5. The molecular formula is C28H28N2O5. The van der Waals surface area contributed by atoms with Crippen LogP contribution in [0, 0.1) is 0 Å². The second-order valence-corrected chi connectivity index (χ2v) is 8.96. The van der Waals surface area contributed by atoms with E-state index in [9.17, 15) is 14.7 Å². The molecule has 3 aromatic rings. The van der Waals surface area contributed by atoms with Crippen LogP contribution in [0.15, 0.2) is 78.9 Å². The SMILES string of the molecule is O=CN(CC1CC(O)CN1C(=O)OCc1ccccc1)OCC1c2ccccc2-c2ccccc21. The molecule has 1 aliphatic carbocycles. The van der Waals surface area contributed by atoms with Crippen molar-refractivity contribution >= 4 is 12.5 Å². The van der Waals surface area contributed by atoms with Gasteiger partial charge in [-0.25, -0.2) is 9.86 Å². The normalized spacial score (nSPS) is 18.7. The zero-order valence-corrected chi connectivity index (χ0v) is 19.3. The maximum Gasteiger partial charge on any atom is 0.410 e. The summed E-state index contributed by atoms with van der Waals surface area (Å²) >= 11 is 0. The molecule has 1 N–H and O–H groups in total. The predicted octanol–water partition coefficient (Wildman–Crippen LogP) is 3.96. The Morgan fingerprint density at radius 1 is 0.971 bits per heavy atom. The van der Waals surface area contributed by atoms with Gasteiger partial charge in [-0.1, -0.05) is 78.9 Å². The lowest BCUT2D eigenvalue weighted by Crippen LogP contribution is -2.43. The van der Waals surface area contributed by atoms with Crippen LogP contribution < -0.4 is 0 Å². The van der Waals surface area contributed by atoms with Gasteiger partial charge in [0.05, 0.1) is 31.8 Å². The summed E-state index contributed by atoms with van der Waals surface area (Å²) in [7, 11) is 0. The van der Waals surface area contributed by atoms with Crippen LogP contribution in [0.1, 0.15) is 29.0 Å². The van der Waals surface area contributed by atoms with Gasteiger partial charge in [0.15, 0.2) is 0 Å². The Labute approximate surface area is 204 Å². The highest BCUT2D eigenvalue weighted by Crippen LogP contribution is 2.44. The quantitative estimate of drug-likeness (QED) is 0.397. The number of β-amino-alcohol motifs (C(OH)–C–C–N with tert-alkyl or cyclic N) is 1. The van der Waals surface area contributed by atoms with Gasteiger partial charge in [-0.05, 0) is 34.2 Å². The average Bonchev–Trinajstić information content (AvgIpc) is 3.43. The van der Waals surface area contributed by atoms with Gasteiger partial charge in [-0.3, -0.25) is 9.63 Å². The van der Waals surface area contributed by atoms with E-state index in [1.54, 1.807) is 0 Å². The molecule has 1 fully saturated rings. The third-order valence-corrected chi connectivity index (χ3v) is 6.71. The van der Waals surface area contributed by atoms with Crippen molar-refractivity contribution in [1.82, 2.24) is 9.96 Å². The number of hydrogen-bond donors (Lipinski definition) is 1. The molecule has 0 radical (unpaired) electrons. The summed E-state index contributed by atoms with van der Waals surface area (Å²) in [5.74, 6) is 0.00552. The van der Waals surface area contributed by atoms with E-state index in [0.717, 1.165) is 5.56 Å². The number of amides is 2. The number of aliphatic hydroxyl groups is 1. The van der Waals surface area contributed by atoms with Crippen molar-refractivity contribution in [2.24, 2.45) is 0 Å². The summed E-state index contributed by atoms with van der Waals surface area (Å²) in [5.41, 5.74) is 5.58.